The van der Waals surface area contributed by atoms with Crippen LogP contribution in [0.5, 0.6) is 0 Å². The van der Waals surface area contributed by atoms with Crippen molar-refractivity contribution in [2.24, 2.45) is 0 Å². The third kappa shape index (κ3) is 3.60. The van der Waals surface area contributed by atoms with E-state index in [1.165, 1.54) is 0 Å². The number of benzene rings is 2. The van der Waals surface area contributed by atoms with Gasteiger partial charge in [0.05, 0.1) is 5.56 Å². The van der Waals surface area contributed by atoms with Crippen LogP contribution >= 0.6 is 0 Å². The highest BCUT2D eigenvalue weighted by molar-refractivity contribution is 5.89. The number of aromatic nitrogens is 2. The standard InChI is InChI=1S/C23H16N2O2/c26-23(27)19-3-1-16(2-4-19)20-13-21(17-5-9-24-10-6-17)15-22(14-20)18-7-11-25-12-8-18/h1-15H,(H,26,27). The number of pyridine rings is 2. The van der Waals surface area contributed by atoms with Gasteiger partial charge in [-0.2, -0.15) is 0 Å². The van der Waals surface area contributed by atoms with Crippen molar-refractivity contribution < 1.29 is 9.90 Å². The van der Waals surface area contributed by atoms with E-state index in [0.717, 1.165) is 33.4 Å². The van der Waals surface area contributed by atoms with E-state index in [4.69, 9.17) is 5.11 Å². The first-order valence-electron chi connectivity index (χ1n) is 8.50. The molecule has 0 saturated heterocycles. The molecule has 4 heteroatoms. The summed E-state index contributed by atoms with van der Waals surface area (Å²) in [6.07, 6.45) is 7.09. The lowest BCUT2D eigenvalue weighted by Gasteiger charge is -2.11. The van der Waals surface area contributed by atoms with Crippen LogP contribution in [0.25, 0.3) is 33.4 Å². The molecule has 0 bridgehead atoms. The molecule has 4 aromatic rings. The smallest absolute Gasteiger partial charge is 0.335 e. The minimum Gasteiger partial charge on any atom is -0.478 e. The maximum Gasteiger partial charge on any atom is 0.335 e. The summed E-state index contributed by atoms with van der Waals surface area (Å²) in [7, 11) is 0. The molecule has 0 atom stereocenters. The monoisotopic (exact) mass is 352 g/mol. The third-order valence-corrected chi connectivity index (χ3v) is 4.43. The van der Waals surface area contributed by atoms with E-state index in [9.17, 15) is 4.79 Å². The minimum atomic E-state index is -0.926. The third-order valence-electron chi connectivity index (χ3n) is 4.43. The molecule has 2 heterocycles. The van der Waals surface area contributed by atoms with Crippen molar-refractivity contribution in [2.75, 3.05) is 0 Å². The van der Waals surface area contributed by atoms with E-state index in [-0.39, 0.29) is 5.56 Å². The second-order valence-corrected chi connectivity index (χ2v) is 6.15. The second-order valence-electron chi connectivity index (χ2n) is 6.15. The Balaban J connectivity index is 1.86. The number of nitrogens with zero attached hydrogens (tertiary/aromatic N) is 2. The average Bonchev–Trinajstić information content (AvgIpc) is 2.75. The predicted molar refractivity (Wildman–Crippen MR) is 105 cm³/mol. The summed E-state index contributed by atoms with van der Waals surface area (Å²) in [4.78, 5) is 19.3. The maximum atomic E-state index is 11.1. The van der Waals surface area contributed by atoms with Crippen LogP contribution in [0.3, 0.4) is 0 Å². The lowest BCUT2D eigenvalue weighted by atomic mass is 9.93. The Hall–Kier alpha value is -3.79. The van der Waals surface area contributed by atoms with Gasteiger partial charge in [-0.05, 0) is 88.0 Å². The molecule has 0 aliphatic heterocycles. The van der Waals surface area contributed by atoms with Crippen LogP contribution in [-0.4, -0.2) is 21.0 Å². The molecule has 0 radical (unpaired) electrons. The van der Waals surface area contributed by atoms with Gasteiger partial charge in [-0.3, -0.25) is 9.97 Å². The molecule has 130 valence electrons. The molecule has 0 spiro atoms. The molecule has 27 heavy (non-hydrogen) atoms. The fourth-order valence-corrected chi connectivity index (χ4v) is 3.02. The van der Waals surface area contributed by atoms with E-state index in [1.54, 1.807) is 36.9 Å². The number of rotatable bonds is 4. The summed E-state index contributed by atoms with van der Waals surface area (Å²) in [5.41, 5.74) is 6.55. The molecule has 0 amide bonds. The predicted octanol–water partition coefficient (Wildman–Crippen LogP) is 5.18. The summed E-state index contributed by atoms with van der Waals surface area (Å²) in [6.45, 7) is 0. The fraction of sp³-hybridized carbons (Fsp3) is 0. The van der Waals surface area contributed by atoms with Crippen molar-refractivity contribution in [1.82, 2.24) is 9.97 Å². The Morgan fingerprint density at radius 1 is 0.556 bits per heavy atom. The zero-order chi connectivity index (χ0) is 18.6. The van der Waals surface area contributed by atoms with Crippen LogP contribution in [0.4, 0.5) is 0 Å². The molecule has 0 unspecified atom stereocenters. The first-order valence-corrected chi connectivity index (χ1v) is 8.50. The van der Waals surface area contributed by atoms with Gasteiger partial charge in [0.1, 0.15) is 0 Å². The van der Waals surface area contributed by atoms with Crippen molar-refractivity contribution in [3.05, 3.63) is 97.1 Å². The van der Waals surface area contributed by atoms with Crippen molar-refractivity contribution in [2.45, 2.75) is 0 Å². The van der Waals surface area contributed by atoms with Gasteiger partial charge in [-0.1, -0.05) is 12.1 Å². The maximum absolute atomic E-state index is 11.1. The van der Waals surface area contributed by atoms with Crippen LogP contribution in [0.2, 0.25) is 0 Å². The molecular weight excluding hydrogens is 336 g/mol. The highest BCUT2D eigenvalue weighted by atomic mass is 16.4. The summed E-state index contributed by atoms with van der Waals surface area (Å²) in [6, 6.07) is 21.2. The van der Waals surface area contributed by atoms with E-state index < -0.39 is 5.97 Å². The number of hydrogen-bond donors (Lipinski definition) is 1. The second kappa shape index (κ2) is 7.22. The normalized spacial score (nSPS) is 10.5. The Morgan fingerprint density at radius 3 is 1.30 bits per heavy atom. The number of hydrogen-bond acceptors (Lipinski definition) is 3. The molecule has 2 aromatic heterocycles. The molecule has 0 fully saturated rings. The molecule has 2 aromatic carbocycles. The van der Waals surface area contributed by atoms with E-state index in [1.807, 2.05) is 36.4 Å². The molecule has 1 N–H and O–H groups in total. The van der Waals surface area contributed by atoms with Crippen LogP contribution in [-0.2, 0) is 0 Å². The SMILES string of the molecule is O=C(O)c1ccc(-c2cc(-c3ccncc3)cc(-c3ccncc3)c2)cc1. The Labute approximate surface area is 156 Å². The van der Waals surface area contributed by atoms with E-state index >= 15 is 0 Å². The number of carboxylic acids is 1. The zero-order valence-corrected chi connectivity index (χ0v) is 14.4. The number of aromatic carboxylic acids is 1. The summed E-state index contributed by atoms with van der Waals surface area (Å²) < 4.78 is 0. The largest absolute Gasteiger partial charge is 0.478 e. The molecule has 0 saturated carbocycles. The summed E-state index contributed by atoms with van der Waals surface area (Å²) in [5.74, 6) is -0.926. The fourth-order valence-electron chi connectivity index (χ4n) is 3.02. The Morgan fingerprint density at radius 2 is 0.926 bits per heavy atom. The molecule has 0 aliphatic carbocycles. The lowest BCUT2D eigenvalue weighted by molar-refractivity contribution is 0.0697. The number of carboxylic acid groups (broad SMARTS) is 1. The topological polar surface area (TPSA) is 63.1 Å². The molecule has 4 nitrogen and oxygen atoms in total. The van der Waals surface area contributed by atoms with Gasteiger partial charge in [-0.25, -0.2) is 4.79 Å². The highest BCUT2D eigenvalue weighted by Gasteiger charge is 2.08. The molecular formula is C23H16N2O2. The lowest BCUT2D eigenvalue weighted by Crippen LogP contribution is -1.95. The first-order chi connectivity index (χ1) is 13.2. The van der Waals surface area contributed by atoms with Crippen molar-refractivity contribution >= 4 is 5.97 Å². The van der Waals surface area contributed by atoms with Gasteiger partial charge in [0, 0.05) is 24.8 Å². The quantitative estimate of drug-likeness (QED) is 0.550. The van der Waals surface area contributed by atoms with Crippen LogP contribution < -0.4 is 0 Å². The Kier molecular flexibility index (Phi) is 4.45. The van der Waals surface area contributed by atoms with Crippen LogP contribution in [0.1, 0.15) is 10.4 Å². The minimum absolute atomic E-state index is 0.276. The highest BCUT2D eigenvalue weighted by Crippen LogP contribution is 2.32. The van der Waals surface area contributed by atoms with Gasteiger partial charge in [0.25, 0.3) is 0 Å². The average molecular weight is 352 g/mol. The number of carbonyl (C=O) groups is 1. The van der Waals surface area contributed by atoms with E-state index in [0.29, 0.717) is 0 Å². The first kappa shape index (κ1) is 16.7. The van der Waals surface area contributed by atoms with Gasteiger partial charge in [-0.15, -0.1) is 0 Å². The van der Waals surface area contributed by atoms with Crippen LogP contribution in [0.15, 0.2) is 91.5 Å². The zero-order valence-electron chi connectivity index (χ0n) is 14.4. The van der Waals surface area contributed by atoms with Crippen molar-refractivity contribution in [3.8, 4) is 33.4 Å². The van der Waals surface area contributed by atoms with Gasteiger partial charge in [0.2, 0.25) is 0 Å². The van der Waals surface area contributed by atoms with Crippen molar-refractivity contribution in [1.29, 1.82) is 0 Å². The van der Waals surface area contributed by atoms with Crippen LogP contribution in [0, 0.1) is 0 Å². The molecule has 0 aliphatic rings. The van der Waals surface area contributed by atoms with E-state index in [2.05, 4.69) is 28.2 Å². The van der Waals surface area contributed by atoms with Gasteiger partial charge < -0.3 is 5.11 Å². The molecule has 4 rings (SSSR count). The Bertz CT molecular complexity index is 1020. The summed E-state index contributed by atoms with van der Waals surface area (Å²) in [5, 5.41) is 9.12. The summed E-state index contributed by atoms with van der Waals surface area (Å²) >= 11 is 0. The van der Waals surface area contributed by atoms with Gasteiger partial charge >= 0.3 is 5.97 Å². The van der Waals surface area contributed by atoms with Gasteiger partial charge in [0.15, 0.2) is 0 Å². The van der Waals surface area contributed by atoms with Crippen molar-refractivity contribution in [3.63, 3.8) is 0 Å².